The molecule has 1 amide bonds. The van der Waals surface area contributed by atoms with Gasteiger partial charge in [-0.05, 0) is 12.0 Å². The van der Waals surface area contributed by atoms with Gasteiger partial charge in [0.25, 0.3) is 0 Å². The smallest absolute Gasteiger partial charge is 0.407 e. The molecule has 3 heteroatoms. The van der Waals surface area contributed by atoms with E-state index in [1.54, 1.807) is 0 Å². The third-order valence-corrected chi connectivity index (χ3v) is 1.63. The summed E-state index contributed by atoms with van der Waals surface area (Å²) < 4.78 is 11.7. The van der Waals surface area contributed by atoms with Crippen LogP contribution in [-0.4, -0.2) is 12.6 Å². The van der Waals surface area contributed by atoms with Crippen LogP contribution in [0, 0.1) is 6.90 Å². The highest BCUT2D eigenvalue weighted by molar-refractivity contribution is 5.67. The number of hydrogen-bond acceptors (Lipinski definition) is 2. The van der Waals surface area contributed by atoms with Gasteiger partial charge in [0.2, 0.25) is 0 Å². The summed E-state index contributed by atoms with van der Waals surface area (Å²) >= 11 is 0. The van der Waals surface area contributed by atoms with E-state index in [4.69, 9.17) is 6.11 Å². The Labute approximate surface area is 85.5 Å². The van der Waals surface area contributed by atoms with Crippen LogP contribution in [-0.2, 0) is 11.3 Å². The maximum Gasteiger partial charge on any atom is 0.407 e. The van der Waals surface area contributed by atoms with E-state index < -0.39 is 6.09 Å². The predicted octanol–water partition coefficient (Wildman–Crippen LogP) is 2.14. The topological polar surface area (TPSA) is 38.3 Å². The predicted molar refractivity (Wildman–Crippen MR) is 54.6 cm³/mol. The summed E-state index contributed by atoms with van der Waals surface area (Å²) in [7, 11) is 0. The molecule has 1 aromatic rings. The van der Waals surface area contributed by atoms with E-state index in [0.29, 0.717) is 13.0 Å². The Morgan fingerprint density at radius 3 is 3.00 bits per heavy atom. The third-order valence-electron chi connectivity index (χ3n) is 1.63. The van der Waals surface area contributed by atoms with Crippen molar-refractivity contribution in [3.63, 3.8) is 0 Å². The second-order valence-electron chi connectivity index (χ2n) is 2.78. The third kappa shape index (κ3) is 3.94. The van der Waals surface area contributed by atoms with Crippen LogP contribution in [0.25, 0.3) is 0 Å². The van der Waals surface area contributed by atoms with Gasteiger partial charge in [-0.3, -0.25) is 0 Å². The Morgan fingerprint density at radius 2 is 2.29 bits per heavy atom. The van der Waals surface area contributed by atoms with E-state index in [-0.39, 0.29) is 6.61 Å². The Hall–Kier alpha value is -1.51. The maximum atomic E-state index is 11.1. The SMILES string of the molecule is [2H][CH]CCNC(=O)OCc1ccccc1. The first kappa shape index (κ1) is 9.06. The van der Waals surface area contributed by atoms with Gasteiger partial charge in [-0.15, -0.1) is 0 Å². The number of alkyl carbamates (subject to hydrolysis) is 1. The quantitative estimate of drug-likeness (QED) is 0.727. The molecule has 0 unspecified atom stereocenters. The Bertz CT molecular complexity index is 290. The molecule has 0 spiro atoms. The minimum Gasteiger partial charge on any atom is -0.445 e. The van der Waals surface area contributed by atoms with Crippen molar-refractivity contribution < 1.29 is 10.9 Å². The average Bonchev–Trinajstić information content (AvgIpc) is 2.28. The van der Waals surface area contributed by atoms with Gasteiger partial charge in [-0.2, -0.15) is 0 Å². The van der Waals surface area contributed by atoms with Gasteiger partial charge in [-0.25, -0.2) is 4.79 Å². The molecule has 0 aliphatic carbocycles. The highest BCUT2D eigenvalue weighted by Crippen LogP contribution is 2.00. The monoisotopic (exact) mass is 193 g/mol. The molecule has 1 rings (SSSR count). The van der Waals surface area contributed by atoms with Crippen molar-refractivity contribution in [2.75, 3.05) is 6.54 Å². The lowest BCUT2D eigenvalue weighted by atomic mass is 10.2. The Morgan fingerprint density at radius 1 is 1.50 bits per heavy atom. The van der Waals surface area contributed by atoms with Crippen LogP contribution in [0.4, 0.5) is 4.79 Å². The fraction of sp³-hybridized carbons (Fsp3) is 0.273. The lowest BCUT2D eigenvalue weighted by Gasteiger charge is -2.05. The molecular weight excluding hydrogens is 178 g/mol. The molecule has 3 nitrogen and oxygen atoms in total. The fourth-order valence-electron chi connectivity index (χ4n) is 0.948. The van der Waals surface area contributed by atoms with E-state index in [1.165, 1.54) is 6.90 Å². The van der Waals surface area contributed by atoms with Crippen LogP contribution in [0.2, 0.25) is 0 Å². The van der Waals surface area contributed by atoms with Gasteiger partial charge in [-0.1, -0.05) is 37.2 Å². The van der Waals surface area contributed by atoms with E-state index in [2.05, 4.69) is 5.32 Å². The summed E-state index contributed by atoms with van der Waals surface area (Å²) in [6, 6.07) is 9.49. The fourth-order valence-corrected chi connectivity index (χ4v) is 0.948. The molecule has 0 aliphatic rings. The molecule has 0 bridgehead atoms. The number of carbonyl (C=O) groups excluding carboxylic acids is 1. The first-order chi connectivity index (χ1) is 7.33. The van der Waals surface area contributed by atoms with E-state index in [0.717, 1.165) is 5.56 Å². The molecule has 14 heavy (non-hydrogen) atoms. The van der Waals surface area contributed by atoms with Crippen LogP contribution < -0.4 is 5.32 Å². The van der Waals surface area contributed by atoms with E-state index in [1.807, 2.05) is 30.3 Å². The molecule has 1 N–H and O–H groups in total. The lowest BCUT2D eigenvalue weighted by Crippen LogP contribution is -2.24. The summed E-state index contributed by atoms with van der Waals surface area (Å²) in [5.74, 6) is 0. The average molecular weight is 193 g/mol. The van der Waals surface area contributed by atoms with Crippen LogP contribution in [0.1, 0.15) is 13.4 Å². The van der Waals surface area contributed by atoms with Gasteiger partial charge in [0.15, 0.2) is 0 Å². The van der Waals surface area contributed by atoms with Crippen LogP contribution in [0.3, 0.4) is 0 Å². The number of ether oxygens (including phenoxy) is 1. The van der Waals surface area contributed by atoms with Crippen LogP contribution in [0.5, 0.6) is 0 Å². The zero-order chi connectivity index (χ0) is 10.9. The largest absolute Gasteiger partial charge is 0.445 e. The second kappa shape index (κ2) is 6.02. The van der Waals surface area contributed by atoms with Crippen molar-refractivity contribution >= 4 is 6.09 Å². The van der Waals surface area contributed by atoms with E-state index >= 15 is 0 Å². The second-order valence-corrected chi connectivity index (χ2v) is 2.78. The molecule has 0 saturated carbocycles. The summed E-state index contributed by atoms with van der Waals surface area (Å²) in [6.45, 7) is 1.96. The van der Waals surface area contributed by atoms with Crippen molar-refractivity contribution in [3.8, 4) is 0 Å². The van der Waals surface area contributed by atoms with Gasteiger partial charge in [0, 0.05) is 7.92 Å². The minimum absolute atomic E-state index is 0.275. The number of amides is 1. The van der Waals surface area contributed by atoms with E-state index in [9.17, 15) is 4.79 Å². The Kier molecular flexibility index (Phi) is 3.90. The lowest BCUT2D eigenvalue weighted by molar-refractivity contribution is 0.140. The Balaban J connectivity index is 2.17. The van der Waals surface area contributed by atoms with Crippen LogP contribution in [0.15, 0.2) is 30.3 Å². The summed E-state index contributed by atoms with van der Waals surface area (Å²) in [5, 5.41) is 2.54. The zero-order valence-corrected chi connectivity index (χ0v) is 7.90. The van der Waals surface area contributed by atoms with Crippen molar-refractivity contribution in [1.82, 2.24) is 5.32 Å². The zero-order valence-electron chi connectivity index (χ0n) is 8.90. The van der Waals surface area contributed by atoms with Gasteiger partial charge in [0.05, 0.1) is 0 Å². The highest BCUT2D eigenvalue weighted by Gasteiger charge is 1.99. The summed E-state index contributed by atoms with van der Waals surface area (Å²) in [6.07, 6.45) is 0.0844. The molecule has 0 aliphatic heterocycles. The van der Waals surface area contributed by atoms with Gasteiger partial charge >= 0.3 is 6.09 Å². The highest BCUT2D eigenvalue weighted by atomic mass is 16.5. The normalized spacial score (nSPS) is 10.4. The van der Waals surface area contributed by atoms with Crippen molar-refractivity contribution in [2.24, 2.45) is 0 Å². The molecule has 75 valence electrons. The number of benzene rings is 1. The summed E-state index contributed by atoms with van der Waals surface area (Å²) in [4.78, 5) is 11.1. The molecule has 0 saturated heterocycles. The van der Waals surface area contributed by atoms with Crippen molar-refractivity contribution in [1.29, 1.82) is 0 Å². The van der Waals surface area contributed by atoms with Crippen molar-refractivity contribution in [3.05, 3.63) is 42.8 Å². The van der Waals surface area contributed by atoms with Gasteiger partial charge < -0.3 is 10.1 Å². The first-order valence-corrected chi connectivity index (χ1v) is 4.47. The molecule has 1 radical (unpaired) electrons. The van der Waals surface area contributed by atoms with Gasteiger partial charge in [0.1, 0.15) is 6.61 Å². The standard InChI is InChI=1S/C11H14NO2/c1-2-8-12-11(13)14-9-10-6-4-3-5-7-10/h3-7H,1-2,8-9H2,(H,12,13)/i1D. The number of rotatable bonds is 5. The molecule has 0 aromatic heterocycles. The number of hydrogen-bond donors (Lipinski definition) is 1. The maximum absolute atomic E-state index is 11.1. The molecule has 1 aromatic carbocycles. The first-order valence-electron chi connectivity index (χ1n) is 5.05. The minimum atomic E-state index is -0.444. The number of nitrogens with one attached hydrogen (secondary N) is 1. The molecule has 0 heterocycles. The number of carbonyl (C=O) groups is 1. The molecule has 0 atom stereocenters. The summed E-state index contributed by atoms with van der Waals surface area (Å²) in [5.41, 5.74) is 0.958. The van der Waals surface area contributed by atoms with Crippen molar-refractivity contribution in [2.45, 2.75) is 13.0 Å². The molecular formula is C11H14NO2. The molecule has 0 fully saturated rings. The van der Waals surface area contributed by atoms with Crippen LogP contribution >= 0.6 is 0 Å².